The molecule has 0 saturated heterocycles. The van der Waals surface area contributed by atoms with Gasteiger partial charge < -0.3 is 19.3 Å². The summed E-state index contributed by atoms with van der Waals surface area (Å²) >= 11 is 5.80. The minimum absolute atomic E-state index is 0.0359. The average molecular weight is 494 g/mol. The van der Waals surface area contributed by atoms with Crippen molar-refractivity contribution in [2.24, 2.45) is 0 Å². The predicted octanol–water partition coefficient (Wildman–Crippen LogP) is 3.01. The average Bonchev–Trinajstić information content (AvgIpc) is 3.24. The van der Waals surface area contributed by atoms with Crippen molar-refractivity contribution in [3.8, 4) is 11.5 Å². The van der Waals surface area contributed by atoms with Crippen LogP contribution in [0.15, 0.2) is 51.9 Å². The summed E-state index contributed by atoms with van der Waals surface area (Å²) in [5, 5.41) is 6.98. The summed E-state index contributed by atoms with van der Waals surface area (Å²) in [5.41, 5.74) is 0.997. The maximum absolute atomic E-state index is 12.5. The molecule has 3 rings (SSSR count). The van der Waals surface area contributed by atoms with Crippen molar-refractivity contribution in [3.63, 3.8) is 0 Å². The molecular weight excluding hydrogens is 470 g/mol. The smallest absolute Gasteiger partial charge is 0.227 e. The van der Waals surface area contributed by atoms with Crippen LogP contribution in [-0.2, 0) is 33.2 Å². The largest absolute Gasteiger partial charge is 0.493 e. The lowest BCUT2D eigenvalue weighted by Gasteiger charge is -2.10. The van der Waals surface area contributed by atoms with Crippen LogP contribution in [0.4, 0.5) is 0 Å². The minimum atomic E-state index is -3.64. The fourth-order valence-corrected chi connectivity index (χ4v) is 4.34. The SMILES string of the molecule is COc1ccc(CCNC(=O)CCc2nc(CS(=O)(=O)c3ccc(Cl)cc3)no2)cc1OC. The van der Waals surface area contributed by atoms with Crippen molar-refractivity contribution in [1.82, 2.24) is 15.5 Å². The molecule has 176 valence electrons. The molecule has 0 aliphatic rings. The molecule has 0 aliphatic carbocycles. The number of hydrogen-bond donors (Lipinski definition) is 1. The Labute approximate surface area is 197 Å². The number of nitrogens with zero attached hydrogens (tertiary/aromatic N) is 2. The first kappa shape index (κ1) is 24.5. The van der Waals surface area contributed by atoms with Crippen molar-refractivity contribution in [2.75, 3.05) is 20.8 Å². The molecule has 11 heteroatoms. The molecule has 1 heterocycles. The van der Waals surface area contributed by atoms with Crippen LogP contribution in [0, 0.1) is 0 Å². The van der Waals surface area contributed by atoms with E-state index in [4.69, 9.17) is 25.6 Å². The molecule has 3 aromatic rings. The van der Waals surface area contributed by atoms with Crippen LogP contribution in [0.3, 0.4) is 0 Å². The van der Waals surface area contributed by atoms with Crippen molar-refractivity contribution >= 4 is 27.3 Å². The van der Waals surface area contributed by atoms with E-state index >= 15 is 0 Å². The second kappa shape index (κ2) is 11.2. The van der Waals surface area contributed by atoms with E-state index in [1.165, 1.54) is 24.3 Å². The van der Waals surface area contributed by atoms with Crippen LogP contribution >= 0.6 is 11.6 Å². The molecular formula is C22H24ClN3O6S. The molecule has 1 N–H and O–H groups in total. The number of carbonyl (C=O) groups excluding carboxylic acids is 1. The predicted molar refractivity (Wildman–Crippen MR) is 121 cm³/mol. The van der Waals surface area contributed by atoms with Crippen molar-refractivity contribution < 1.29 is 27.2 Å². The quantitative estimate of drug-likeness (QED) is 0.432. The normalized spacial score (nSPS) is 11.2. The molecule has 33 heavy (non-hydrogen) atoms. The number of amides is 1. The topological polar surface area (TPSA) is 121 Å². The van der Waals surface area contributed by atoms with Crippen LogP contribution in [0.5, 0.6) is 11.5 Å². The summed E-state index contributed by atoms with van der Waals surface area (Å²) < 4.78 is 40.5. The maximum atomic E-state index is 12.5. The van der Waals surface area contributed by atoms with Gasteiger partial charge in [-0.25, -0.2) is 8.42 Å². The number of ether oxygens (including phenoxy) is 2. The molecule has 2 aromatic carbocycles. The van der Waals surface area contributed by atoms with Gasteiger partial charge in [-0.2, -0.15) is 4.98 Å². The van der Waals surface area contributed by atoms with Gasteiger partial charge >= 0.3 is 0 Å². The number of benzene rings is 2. The lowest BCUT2D eigenvalue weighted by Crippen LogP contribution is -2.25. The van der Waals surface area contributed by atoms with Crippen LogP contribution in [-0.4, -0.2) is 45.2 Å². The Balaban J connectivity index is 1.45. The highest BCUT2D eigenvalue weighted by molar-refractivity contribution is 7.90. The molecule has 1 aromatic heterocycles. The third-order valence-electron chi connectivity index (χ3n) is 4.75. The highest BCUT2D eigenvalue weighted by Crippen LogP contribution is 2.27. The molecule has 0 bridgehead atoms. The Morgan fingerprint density at radius 1 is 1.06 bits per heavy atom. The molecule has 1 amide bonds. The lowest BCUT2D eigenvalue weighted by atomic mass is 10.1. The Morgan fingerprint density at radius 3 is 2.48 bits per heavy atom. The first-order valence-electron chi connectivity index (χ1n) is 10.1. The molecule has 0 radical (unpaired) electrons. The number of aromatic nitrogens is 2. The summed E-state index contributed by atoms with van der Waals surface area (Å²) in [6.07, 6.45) is 0.965. The fourth-order valence-electron chi connectivity index (χ4n) is 3.04. The fraction of sp³-hybridized carbons (Fsp3) is 0.318. The second-order valence-electron chi connectivity index (χ2n) is 7.11. The van der Waals surface area contributed by atoms with E-state index in [9.17, 15) is 13.2 Å². The molecule has 0 fully saturated rings. The minimum Gasteiger partial charge on any atom is -0.493 e. The van der Waals surface area contributed by atoms with Gasteiger partial charge in [0.15, 0.2) is 27.2 Å². The monoisotopic (exact) mass is 493 g/mol. The Hall–Kier alpha value is -3.11. The second-order valence-corrected chi connectivity index (χ2v) is 9.53. The van der Waals surface area contributed by atoms with Gasteiger partial charge in [-0.15, -0.1) is 0 Å². The third kappa shape index (κ3) is 6.93. The number of nitrogens with one attached hydrogen (secondary N) is 1. The number of rotatable bonds is 11. The zero-order valence-electron chi connectivity index (χ0n) is 18.2. The molecule has 0 aliphatic heterocycles. The van der Waals surface area contributed by atoms with Gasteiger partial charge in [0.2, 0.25) is 11.8 Å². The van der Waals surface area contributed by atoms with E-state index in [1.54, 1.807) is 14.2 Å². The van der Waals surface area contributed by atoms with E-state index < -0.39 is 15.6 Å². The van der Waals surface area contributed by atoms with Gasteiger partial charge in [0, 0.05) is 24.4 Å². The summed E-state index contributed by atoms with van der Waals surface area (Å²) in [5.74, 6) is 0.927. The van der Waals surface area contributed by atoms with Gasteiger partial charge in [0.25, 0.3) is 0 Å². The standard InChI is InChI=1S/C22H24ClN3O6S/c1-30-18-8-3-15(13-19(18)31-2)11-12-24-21(27)9-10-22-25-20(26-32-22)14-33(28,29)17-6-4-16(23)5-7-17/h3-8,13H,9-12,14H2,1-2H3,(H,24,27). The highest BCUT2D eigenvalue weighted by Gasteiger charge is 2.19. The van der Waals surface area contributed by atoms with Crippen LogP contribution < -0.4 is 14.8 Å². The maximum Gasteiger partial charge on any atom is 0.227 e. The number of aryl methyl sites for hydroxylation is 1. The van der Waals surface area contributed by atoms with Gasteiger partial charge in [-0.3, -0.25) is 4.79 Å². The van der Waals surface area contributed by atoms with Crippen molar-refractivity contribution in [2.45, 2.75) is 29.9 Å². The van der Waals surface area contributed by atoms with E-state index in [1.807, 2.05) is 18.2 Å². The Bertz CT molecular complexity index is 1200. The van der Waals surface area contributed by atoms with Gasteiger partial charge in [0.05, 0.1) is 19.1 Å². The molecule has 0 spiro atoms. The number of methoxy groups -OCH3 is 2. The number of sulfone groups is 1. The summed E-state index contributed by atoms with van der Waals surface area (Å²) in [7, 11) is -0.495. The summed E-state index contributed by atoms with van der Waals surface area (Å²) in [6, 6.07) is 11.4. The summed E-state index contributed by atoms with van der Waals surface area (Å²) in [6.45, 7) is 0.447. The van der Waals surface area contributed by atoms with Crippen LogP contribution in [0.25, 0.3) is 0 Å². The van der Waals surface area contributed by atoms with E-state index in [0.717, 1.165) is 5.56 Å². The molecule has 0 saturated carbocycles. The van der Waals surface area contributed by atoms with Crippen LogP contribution in [0.1, 0.15) is 23.7 Å². The molecule has 0 atom stereocenters. The van der Waals surface area contributed by atoms with Crippen molar-refractivity contribution in [3.05, 3.63) is 64.8 Å². The molecule has 9 nitrogen and oxygen atoms in total. The van der Waals surface area contributed by atoms with E-state index in [2.05, 4.69) is 15.5 Å². The number of carbonyl (C=O) groups is 1. The first-order valence-corrected chi connectivity index (χ1v) is 12.1. The lowest BCUT2D eigenvalue weighted by molar-refractivity contribution is -0.121. The van der Waals surface area contributed by atoms with Crippen LogP contribution in [0.2, 0.25) is 5.02 Å². The molecule has 0 unspecified atom stereocenters. The van der Waals surface area contributed by atoms with E-state index in [-0.39, 0.29) is 35.4 Å². The Kier molecular flexibility index (Phi) is 8.29. The first-order chi connectivity index (χ1) is 15.8. The Morgan fingerprint density at radius 2 is 1.79 bits per heavy atom. The van der Waals surface area contributed by atoms with Gasteiger partial charge in [-0.1, -0.05) is 22.8 Å². The van der Waals surface area contributed by atoms with Gasteiger partial charge in [-0.05, 0) is 48.4 Å². The van der Waals surface area contributed by atoms with E-state index in [0.29, 0.717) is 29.5 Å². The number of hydrogen-bond acceptors (Lipinski definition) is 8. The zero-order chi connectivity index (χ0) is 23.8. The van der Waals surface area contributed by atoms with Gasteiger partial charge in [0.1, 0.15) is 5.75 Å². The zero-order valence-corrected chi connectivity index (χ0v) is 19.8. The number of halogens is 1. The highest BCUT2D eigenvalue weighted by atomic mass is 35.5. The van der Waals surface area contributed by atoms with Crippen molar-refractivity contribution in [1.29, 1.82) is 0 Å². The summed E-state index contributed by atoms with van der Waals surface area (Å²) in [4.78, 5) is 16.3. The third-order valence-corrected chi connectivity index (χ3v) is 6.63.